The Hall–Kier alpha value is -1.56. The third kappa shape index (κ3) is 5.23. The lowest BCUT2D eigenvalue weighted by molar-refractivity contribution is -0.137. The first-order valence-corrected chi connectivity index (χ1v) is 8.43. The smallest absolute Gasteiger partial charge is 0.339 e. The number of benzene rings is 1. The minimum Gasteiger partial charge on any atom is -0.339 e. The number of nitrogens with one attached hydrogen (secondary N) is 1. The minimum absolute atomic E-state index is 0.214. The van der Waals surface area contributed by atoms with Crippen molar-refractivity contribution in [2.45, 2.75) is 51.9 Å². The Bertz CT molecular complexity index is 557. The van der Waals surface area contributed by atoms with Crippen LogP contribution in [0.2, 0.25) is 0 Å². The van der Waals surface area contributed by atoms with Gasteiger partial charge in [0.1, 0.15) is 0 Å². The Morgan fingerprint density at radius 1 is 1.33 bits per heavy atom. The molecule has 0 saturated carbocycles. The number of carbonyl (C=O) groups excluding carboxylic acids is 1. The van der Waals surface area contributed by atoms with E-state index < -0.39 is 11.7 Å². The van der Waals surface area contributed by atoms with E-state index in [2.05, 4.69) is 19.2 Å². The number of nitrogens with zero attached hydrogens (tertiary/aromatic N) is 1. The van der Waals surface area contributed by atoms with E-state index in [-0.39, 0.29) is 11.9 Å². The summed E-state index contributed by atoms with van der Waals surface area (Å²) in [6, 6.07) is 5.62. The van der Waals surface area contributed by atoms with Crippen LogP contribution in [0.1, 0.15) is 44.2 Å². The van der Waals surface area contributed by atoms with Crippen molar-refractivity contribution >= 4 is 5.91 Å². The second kappa shape index (κ2) is 8.01. The van der Waals surface area contributed by atoms with E-state index in [1.165, 1.54) is 12.1 Å². The second-order valence-corrected chi connectivity index (χ2v) is 6.80. The molecule has 1 fully saturated rings. The first kappa shape index (κ1) is 18.8. The first-order chi connectivity index (χ1) is 11.3. The van der Waals surface area contributed by atoms with Crippen molar-refractivity contribution in [3.63, 3.8) is 0 Å². The normalized spacial score (nSPS) is 18.7. The average molecular weight is 342 g/mol. The summed E-state index contributed by atoms with van der Waals surface area (Å²) >= 11 is 0. The number of amides is 1. The minimum atomic E-state index is -4.31. The lowest BCUT2D eigenvalue weighted by Crippen LogP contribution is -2.37. The maximum absolute atomic E-state index is 12.7. The maximum Gasteiger partial charge on any atom is 0.416 e. The first-order valence-electron chi connectivity index (χ1n) is 8.43. The predicted octanol–water partition coefficient (Wildman–Crippen LogP) is 3.83. The third-order valence-electron chi connectivity index (χ3n) is 4.25. The van der Waals surface area contributed by atoms with Gasteiger partial charge in [0.25, 0.3) is 0 Å². The van der Waals surface area contributed by atoms with Crippen LogP contribution >= 0.6 is 0 Å². The van der Waals surface area contributed by atoms with E-state index in [4.69, 9.17) is 0 Å². The highest BCUT2D eigenvalue weighted by Crippen LogP contribution is 2.29. The number of hydrogen-bond acceptors (Lipinski definition) is 2. The highest BCUT2D eigenvalue weighted by molar-refractivity contribution is 5.78. The molecule has 1 heterocycles. The van der Waals surface area contributed by atoms with Crippen LogP contribution < -0.4 is 5.32 Å². The molecule has 0 bridgehead atoms. The summed E-state index contributed by atoms with van der Waals surface area (Å²) in [5.41, 5.74) is -0.00217. The van der Waals surface area contributed by atoms with E-state index in [9.17, 15) is 18.0 Å². The lowest BCUT2D eigenvalue weighted by Gasteiger charge is -2.26. The highest BCUT2D eigenvalue weighted by atomic mass is 19.4. The van der Waals surface area contributed by atoms with E-state index in [1.807, 2.05) is 4.90 Å². The van der Waals surface area contributed by atoms with Crippen LogP contribution in [0, 0.1) is 5.92 Å². The standard InChI is InChI=1S/C18H25F3N2O/c1-13(2)12-23-16(6-7-17(23)24)8-9-22-11-14-4-3-5-15(10-14)18(19,20)21/h3-5,10,13,16,22H,6-9,11-12H2,1-2H3. The van der Waals surface area contributed by atoms with Crippen molar-refractivity contribution in [2.75, 3.05) is 13.1 Å². The SMILES string of the molecule is CC(C)CN1C(=O)CCC1CCNCc1cccc(C(F)(F)F)c1. The van der Waals surface area contributed by atoms with Gasteiger partial charge in [-0.1, -0.05) is 32.0 Å². The fraction of sp³-hybridized carbons (Fsp3) is 0.611. The molecule has 1 aliphatic heterocycles. The fourth-order valence-corrected chi connectivity index (χ4v) is 3.10. The molecule has 1 aromatic rings. The van der Waals surface area contributed by atoms with Gasteiger partial charge in [-0.15, -0.1) is 0 Å². The van der Waals surface area contributed by atoms with Gasteiger partial charge in [-0.2, -0.15) is 13.2 Å². The summed E-state index contributed by atoms with van der Waals surface area (Å²) in [5.74, 6) is 0.652. The molecule has 6 heteroatoms. The zero-order chi connectivity index (χ0) is 17.7. The summed E-state index contributed by atoms with van der Waals surface area (Å²) < 4.78 is 38.1. The maximum atomic E-state index is 12.7. The molecule has 1 aromatic carbocycles. The Kier molecular flexibility index (Phi) is 6.27. The van der Waals surface area contributed by atoms with Gasteiger partial charge in [-0.05, 0) is 36.9 Å². The largest absolute Gasteiger partial charge is 0.416 e. The Morgan fingerprint density at radius 3 is 2.75 bits per heavy atom. The lowest BCUT2D eigenvalue weighted by atomic mass is 10.1. The van der Waals surface area contributed by atoms with Gasteiger partial charge in [0.2, 0.25) is 5.91 Å². The van der Waals surface area contributed by atoms with Gasteiger partial charge in [0, 0.05) is 25.6 Å². The van der Waals surface area contributed by atoms with Gasteiger partial charge in [-0.3, -0.25) is 4.79 Å². The van der Waals surface area contributed by atoms with Crippen molar-refractivity contribution in [1.82, 2.24) is 10.2 Å². The van der Waals surface area contributed by atoms with Crippen LogP contribution in [-0.2, 0) is 17.5 Å². The summed E-state index contributed by atoms with van der Waals surface area (Å²) in [6.45, 7) is 6.04. The van der Waals surface area contributed by atoms with Gasteiger partial charge in [0.15, 0.2) is 0 Å². The zero-order valence-corrected chi connectivity index (χ0v) is 14.2. The van der Waals surface area contributed by atoms with E-state index in [1.54, 1.807) is 6.07 Å². The number of alkyl halides is 3. The molecule has 1 N–H and O–H groups in total. The molecule has 0 aliphatic carbocycles. The van der Waals surface area contributed by atoms with Crippen LogP contribution in [0.15, 0.2) is 24.3 Å². The Balaban J connectivity index is 1.80. The number of carbonyl (C=O) groups is 1. The highest BCUT2D eigenvalue weighted by Gasteiger charge is 2.31. The molecule has 0 radical (unpaired) electrons. The molecule has 1 amide bonds. The van der Waals surface area contributed by atoms with Crippen LogP contribution in [0.5, 0.6) is 0 Å². The Morgan fingerprint density at radius 2 is 2.08 bits per heavy atom. The van der Waals surface area contributed by atoms with Gasteiger partial charge >= 0.3 is 6.18 Å². The number of hydrogen-bond donors (Lipinski definition) is 1. The van der Waals surface area contributed by atoms with Gasteiger partial charge in [-0.25, -0.2) is 0 Å². The van der Waals surface area contributed by atoms with Crippen LogP contribution in [-0.4, -0.2) is 29.9 Å². The van der Waals surface area contributed by atoms with Crippen molar-refractivity contribution in [2.24, 2.45) is 5.92 Å². The summed E-state index contributed by atoms with van der Waals surface area (Å²) in [4.78, 5) is 13.9. The zero-order valence-electron chi connectivity index (χ0n) is 14.2. The topological polar surface area (TPSA) is 32.3 Å². The average Bonchev–Trinajstić information content (AvgIpc) is 2.83. The van der Waals surface area contributed by atoms with E-state index in [0.717, 1.165) is 25.5 Å². The molecule has 1 saturated heterocycles. The predicted molar refractivity (Wildman–Crippen MR) is 87.3 cm³/mol. The quantitative estimate of drug-likeness (QED) is 0.764. The van der Waals surface area contributed by atoms with Crippen LogP contribution in [0.25, 0.3) is 0 Å². The summed E-state index contributed by atoms with van der Waals surface area (Å²) in [5, 5.41) is 3.19. The molecular weight excluding hydrogens is 317 g/mol. The monoisotopic (exact) mass is 342 g/mol. The van der Waals surface area contributed by atoms with Gasteiger partial charge < -0.3 is 10.2 Å². The molecule has 1 unspecified atom stereocenters. The van der Waals surface area contributed by atoms with E-state index in [0.29, 0.717) is 31.0 Å². The summed E-state index contributed by atoms with van der Waals surface area (Å²) in [6.07, 6.45) is -2.00. The molecule has 134 valence electrons. The third-order valence-corrected chi connectivity index (χ3v) is 4.25. The molecule has 0 aromatic heterocycles. The Labute approximate surface area is 141 Å². The van der Waals surface area contributed by atoms with Crippen LogP contribution in [0.4, 0.5) is 13.2 Å². The number of halogens is 3. The number of likely N-dealkylation sites (tertiary alicyclic amines) is 1. The van der Waals surface area contributed by atoms with Crippen molar-refractivity contribution in [3.8, 4) is 0 Å². The van der Waals surface area contributed by atoms with Gasteiger partial charge in [0.05, 0.1) is 5.56 Å². The molecule has 0 spiro atoms. The fourth-order valence-electron chi connectivity index (χ4n) is 3.10. The van der Waals surface area contributed by atoms with Crippen LogP contribution in [0.3, 0.4) is 0 Å². The molecule has 3 nitrogen and oxygen atoms in total. The molecule has 24 heavy (non-hydrogen) atoms. The molecule has 2 rings (SSSR count). The van der Waals surface area contributed by atoms with Crippen molar-refractivity contribution in [1.29, 1.82) is 0 Å². The van der Waals surface area contributed by atoms with E-state index >= 15 is 0 Å². The van der Waals surface area contributed by atoms with Crippen molar-refractivity contribution in [3.05, 3.63) is 35.4 Å². The second-order valence-electron chi connectivity index (χ2n) is 6.80. The van der Waals surface area contributed by atoms with Crippen molar-refractivity contribution < 1.29 is 18.0 Å². The molecular formula is C18H25F3N2O. The molecule has 1 aliphatic rings. The summed E-state index contributed by atoms with van der Waals surface area (Å²) in [7, 11) is 0. The number of rotatable bonds is 7. The molecule has 1 atom stereocenters.